The van der Waals surface area contributed by atoms with E-state index in [0.717, 1.165) is 30.1 Å². The highest BCUT2D eigenvalue weighted by Crippen LogP contribution is 2.30. The van der Waals surface area contributed by atoms with Gasteiger partial charge in [0.05, 0.1) is 12.3 Å². The van der Waals surface area contributed by atoms with Gasteiger partial charge in [-0.25, -0.2) is 4.98 Å². The van der Waals surface area contributed by atoms with E-state index in [4.69, 9.17) is 0 Å². The van der Waals surface area contributed by atoms with Gasteiger partial charge >= 0.3 is 0 Å². The van der Waals surface area contributed by atoms with Crippen molar-refractivity contribution in [1.82, 2.24) is 10.3 Å². The van der Waals surface area contributed by atoms with Gasteiger partial charge in [0, 0.05) is 22.9 Å². The number of thiazole rings is 1. The van der Waals surface area contributed by atoms with Gasteiger partial charge in [0.15, 0.2) is 0 Å². The molecule has 1 aliphatic rings. The molecular formula is C14H24N2OS. The van der Waals surface area contributed by atoms with Crippen molar-refractivity contribution >= 4 is 11.3 Å². The van der Waals surface area contributed by atoms with Crippen LogP contribution in [-0.4, -0.2) is 22.2 Å². The van der Waals surface area contributed by atoms with Crippen LogP contribution in [0.5, 0.6) is 0 Å². The zero-order valence-electron chi connectivity index (χ0n) is 11.6. The maximum Gasteiger partial charge on any atom is 0.107 e. The molecule has 0 amide bonds. The van der Waals surface area contributed by atoms with Crippen LogP contribution in [0.15, 0.2) is 5.38 Å². The van der Waals surface area contributed by atoms with Gasteiger partial charge in [0.1, 0.15) is 5.01 Å². The van der Waals surface area contributed by atoms with E-state index in [1.165, 1.54) is 12.8 Å². The molecule has 2 rings (SSSR count). The summed E-state index contributed by atoms with van der Waals surface area (Å²) in [6.07, 6.45) is 4.61. The second-order valence-electron chi connectivity index (χ2n) is 6.38. The Labute approximate surface area is 114 Å². The number of hydrogen-bond donors (Lipinski definition) is 2. The summed E-state index contributed by atoms with van der Waals surface area (Å²) < 4.78 is 0. The van der Waals surface area contributed by atoms with Gasteiger partial charge in [-0.05, 0) is 12.8 Å². The van der Waals surface area contributed by atoms with Crippen molar-refractivity contribution in [1.29, 1.82) is 0 Å². The Morgan fingerprint density at radius 1 is 1.39 bits per heavy atom. The second kappa shape index (κ2) is 5.27. The summed E-state index contributed by atoms with van der Waals surface area (Å²) in [5.74, 6) is 0. The molecule has 0 bridgehead atoms. The third-order valence-corrected chi connectivity index (χ3v) is 4.65. The third kappa shape index (κ3) is 3.11. The van der Waals surface area contributed by atoms with Crippen LogP contribution in [-0.2, 0) is 12.0 Å². The number of aromatic nitrogens is 1. The standard InChI is InChI=1S/C14H24N2OS/c1-13(2,3)11-9-18-12(16-11)8-15-14(10-17)6-4-5-7-14/h9,15,17H,4-8,10H2,1-3H3. The van der Waals surface area contributed by atoms with Crippen LogP contribution in [0.2, 0.25) is 0 Å². The molecular weight excluding hydrogens is 244 g/mol. The number of aliphatic hydroxyl groups is 1. The highest BCUT2D eigenvalue weighted by molar-refractivity contribution is 7.09. The summed E-state index contributed by atoms with van der Waals surface area (Å²) in [6, 6.07) is 0. The predicted octanol–water partition coefficient (Wildman–Crippen LogP) is 2.84. The summed E-state index contributed by atoms with van der Waals surface area (Å²) in [4.78, 5) is 4.68. The Hall–Kier alpha value is -0.450. The predicted molar refractivity (Wildman–Crippen MR) is 75.9 cm³/mol. The lowest BCUT2D eigenvalue weighted by atomic mass is 9.93. The Morgan fingerprint density at radius 3 is 2.56 bits per heavy atom. The van der Waals surface area contributed by atoms with E-state index < -0.39 is 0 Å². The van der Waals surface area contributed by atoms with Gasteiger partial charge in [-0.3, -0.25) is 0 Å². The average molecular weight is 268 g/mol. The van der Waals surface area contributed by atoms with Crippen LogP contribution in [0.1, 0.15) is 57.2 Å². The molecule has 1 fully saturated rings. The molecule has 0 unspecified atom stereocenters. The van der Waals surface area contributed by atoms with Gasteiger partial charge in [0.2, 0.25) is 0 Å². The first-order valence-corrected chi connectivity index (χ1v) is 7.64. The molecule has 0 spiro atoms. The molecule has 102 valence electrons. The van der Waals surface area contributed by atoms with E-state index in [9.17, 15) is 5.11 Å². The number of nitrogens with one attached hydrogen (secondary N) is 1. The molecule has 1 aliphatic carbocycles. The Balaban J connectivity index is 1.96. The van der Waals surface area contributed by atoms with Crippen LogP contribution < -0.4 is 5.32 Å². The van der Waals surface area contributed by atoms with Crippen LogP contribution in [0.25, 0.3) is 0 Å². The topological polar surface area (TPSA) is 45.1 Å². The Morgan fingerprint density at radius 2 is 2.06 bits per heavy atom. The summed E-state index contributed by atoms with van der Waals surface area (Å²) >= 11 is 1.71. The van der Waals surface area contributed by atoms with Gasteiger partial charge in [-0.2, -0.15) is 0 Å². The van der Waals surface area contributed by atoms with Crippen molar-refractivity contribution < 1.29 is 5.11 Å². The molecule has 1 aromatic rings. The van der Waals surface area contributed by atoms with Crippen LogP contribution >= 0.6 is 11.3 Å². The van der Waals surface area contributed by atoms with Crippen LogP contribution in [0.3, 0.4) is 0 Å². The Bertz CT molecular complexity index is 389. The molecule has 3 nitrogen and oxygen atoms in total. The summed E-state index contributed by atoms with van der Waals surface area (Å²) in [6.45, 7) is 7.58. The van der Waals surface area contributed by atoms with Crippen molar-refractivity contribution in [3.8, 4) is 0 Å². The lowest BCUT2D eigenvalue weighted by Gasteiger charge is -2.27. The molecule has 4 heteroatoms. The first-order chi connectivity index (χ1) is 8.45. The van der Waals surface area contributed by atoms with E-state index >= 15 is 0 Å². The average Bonchev–Trinajstić information content (AvgIpc) is 2.96. The molecule has 0 atom stereocenters. The summed E-state index contributed by atoms with van der Waals surface area (Å²) in [7, 11) is 0. The normalized spacial score (nSPS) is 19.3. The molecule has 0 radical (unpaired) electrons. The highest BCUT2D eigenvalue weighted by atomic mass is 32.1. The maximum absolute atomic E-state index is 9.55. The molecule has 0 aromatic carbocycles. The van der Waals surface area contributed by atoms with Crippen LogP contribution in [0.4, 0.5) is 0 Å². The van der Waals surface area contributed by atoms with E-state index in [2.05, 4.69) is 36.5 Å². The summed E-state index contributed by atoms with van der Waals surface area (Å²) in [5.41, 5.74) is 1.23. The molecule has 0 aliphatic heterocycles. The fourth-order valence-corrected chi connectivity index (χ4v) is 3.40. The maximum atomic E-state index is 9.55. The van der Waals surface area contributed by atoms with Gasteiger partial charge in [0.25, 0.3) is 0 Å². The van der Waals surface area contributed by atoms with Gasteiger partial charge < -0.3 is 10.4 Å². The lowest BCUT2D eigenvalue weighted by Crippen LogP contribution is -2.45. The number of rotatable bonds is 4. The first kappa shape index (κ1) is 14.0. The fourth-order valence-electron chi connectivity index (χ4n) is 2.44. The Kier molecular flexibility index (Phi) is 4.09. The lowest BCUT2D eigenvalue weighted by molar-refractivity contribution is 0.163. The van der Waals surface area contributed by atoms with Crippen molar-refractivity contribution in [2.24, 2.45) is 0 Å². The van der Waals surface area contributed by atoms with Crippen molar-refractivity contribution in [2.75, 3.05) is 6.61 Å². The van der Waals surface area contributed by atoms with Crippen molar-refractivity contribution in [2.45, 2.75) is 64.0 Å². The molecule has 18 heavy (non-hydrogen) atoms. The zero-order chi connectivity index (χ0) is 13.2. The minimum absolute atomic E-state index is 0.0480. The smallest absolute Gasteiger partial charge is 0.107 e. The van der Waals surface area contributed by atoms with Crippen molar-refractivity contribution in [3.63, 3.8) is 0 Å². The second-order valence-corrected chi connectivity index (χ2v) is 7.32. The minimum atomic E-state index is -0.0480. The number of hydrogen-bond acceptors (Lipinski definition) is 4. The molecule has 2 N–H and O–H groups in total. The fraction of sp³-hybridized carbons (Fsp3) is 0.786. The van der Waals surface area contributed by atoms with E-state index in [-0.39, 0.29) is 17.6 Å². The minimum Gasteiger partial charge on any atom is -0.394 e. The monoisotopic (exact) mass is 268 g/mol. The highest BCUT2D eigenvalue weighted by Gasteiger charge is 2.32. The van der Waals surface area contributed by atoms with Crippen LogP contribution in [0, 0.1) is 0 Å². The quantitative estimate of drug-likeness (QED) is 0.882. The van der Waals surface area contributed by atoms with Crippen molar-refractivity contribution in [3.05, 3.63) is 16.1 Å². The molecule has 1 heterocycles. The number of nitrogens with zero attached hydrogens (tertiary/aromatic N) is 1. The van der Waals surface area contributed by atoms with Gasteiger partial charge in [-0.1, -0.05) is 33.6 Å². The third-order valence-electron chi connectivity index (χ3n) is 3.80. The molecule has 1 aromatic heterocycles. The molecule has 1 saturated carbocycles. The van der Waals surface area contributed by atoms with E-state index in [1.807, 2.05) is 0 Å². The largest absolute Gasteiger partial charge is 0.394 e. The zero-order valence-corrected chi connectivity index (χ0v) is 12.4. The first-order valence-electron chi connectivity index (χ1n) is 6.76. The SMILES string of the molecule is CC(C)(C)c1csc(CNC2(CO)CCCC2)n1. The van der Waals surface area contributed by atoms with Gasteiger partial charge in [-0.15, -0.1) is 11.3 Å². The van der Waals surface area contributed by atoms with E-state index in [1.54, 1.807) is 11.3 Å². The number of aliphatic hydroxyl groups excluding tert-OH is 1. The van der Waals surface area contributed by atoms with E-state index in [0.29, 0.717) is 0 Å². The summed E-state index contributed by atoms with van der Waals surface area (Å²) in [5, 5.41) is 16.3. The molecule has 0 saturated heterocycles.